The predicted molar refractivity (Wildman–Crippen MR) is 122 cm³/mol. The zero-order chi connectivity index (χ0) is 23.2. The number of amides is 1. The predicted octanol–water partition coefficient (Wildman–Crippen LogP) is 0.968. The summed E-state index contributed by atoms with van der Waals surface area (Å²) in [6.45, 7) is 5.41. The number of rotatable bonds is 7. The molecule has 0 saturated carbocycles. The van der Waals surface area contributed by atoms with Crippen LogP contribution < -0.4 is 20.3 Å². The lowest BCUT2D eigenvalue weighted by molar-refractivity contribution is -0.122. The van der Waals surface area contributed by atoms with Gasteiger partial charge in [-0.05, 0) is 26.0 Å². The van der Waals surface area contributed by atoms with Crippen molar-refractivity contribution in [1.29, 1.82) is 0 Å². The van der Waals surface area contributed by atoms with Crippen LogP contribution in [0.15, 0.2) is 54.7 Å². The molecule has 3 heterocycles. The molecule has 2 aromatic heterocycles. The van der Waals surface area contributed by atoms with Crippen molar-refractivity contribution in [2.24, 2.45) is 0 Å². The van der Waals surface area contributed by atoms with Crippen LogP contribution in [0.3, 0.4) is 0 Å². The molecule has 1 atom stereocenters. The summed E-state index contributed by atoms with van der Waals surface area (Å²) in [7, 11) is 0. The molecule has 1 aliphatic heterocycles. The molecule has 1 saturated heterocycles. The van der Waals surface area contributed by atoms with E-state index in [1.54, 1.807) is 34.3 Å². The van der Waals surface area contributed by atoms with Crippen LogP contribution in [0.1, 0.15) is 11.3 Å². The van der Waals surface area contributed by atoms with Gasteiger partial charge >= 0.3 is 0 Å². The lowest BCUT2D eigenvalue weighted by Crippen LogP contribution is -2.56. The molecule has 0 spiro atoms. The number of hydrogen-bond acceptors (Lipinski definition) is 8. The molecule has 3 aromatic rings. The highest BCUT2D eigenvalue weighted by molar-refractivity contribution is 5.89. The summed E-state index contributed by atoms with van der Waals surface area (Å²) >= 11 is 0. The van der Waals surface area contributed by atoms with E-state index in [0.717, 1.165) is 17.0 Å². The van der Waals surface area contributed by atoms with Crippen molar-refractivity contribution in [1.82, 2.24) is 30.2 Å². The number of aromatic nitrogens is 4. The zero-order valence-electron chi connectivity index (χ0n) is 18.5. The minimum Gasteiger partial charge on any atom is -0.492 e. The molecular formula is C23H25N7O3. The number of carbonyl (C=O) groups excluding carboxylic acids is 2. The minimum absolute atomic E-state index is 0.174. The van der Waals surface area contributed by atoms with Crippen molar-refractivity contribution in [2.75, 3.05) is 31.1 Å². The van der Waals surface area contributed by atoms with Crippen molar-refractivity contribution < 1.29 is 14.3 Å². The SMILES string of the molecule is Cc1ccc(OCCNC(=O)C2NCCN(c3cc(C)nc(-n4ccnc4)n3)C2=C=O)cc1. The molecule has 0 bridgehead atoms. The van der Waals surface area contributed by atoms with E-state index in [9.17, 15) is 9.59 Å². The normalized spacial score (nSPS) is 15.8. The van der Waals surface area contributed by atoms with Crippen LogP contribution >= 0.6 is 0 Å². The Kier molecular flexibility index (Phi) is 6.77. The van der Waals surface area contributed by atoms with Crippen molar-refractivity contribution in [3.05, 3.63) is 66.0 Å². The van der Waals surface area contributed by atoms with Crippen LogP contribution in [0, 0.1) is 13.8 Å². The van der Waals surface area contributed by atoms with Crippen molar-refractivity contribution >= 4 is 17.7 Å². The highest BCUT2D eigenvalue weighted by Crippen LogP contribution is 2.22. The molecule has 4 rings (SSSR count). The Morgan fingerprint density at radius 1 is 1.27 bits per heavy atom. The van der Waals surface area contributed by atoms with Gasteiger partial charge in [0, 0.05) is 37.2 Å². The standard InChI is InChI=1S/C23H25N7O3/c1-16-3-5-18(6-4-16)33-12-9-26-22(32)21-19(14-31)30(11-8-25-21)20-13-17(2)27-23(28-20)29-10-7-24-15-29/h3-7,10,13,15,21,25H,8-9,11-12H2,1-2H3,(H,26,32). The van der Waals surface area contributed by atoms with Crippen molar-refractivity contribution in [3.63, 3.8) is 0 Å². The fourth-order valence-electron chi connectivity index (χ4n) is 3.51. The van der Waals surface area contributed by atoms with E-state index in [4.69, 9.17) is 4.74 Å². The van der Waals surface area contributed by atoms with E-state index >= 15 is 0 Å². The van der Waals surface area contributed by atoms with Crippen LogP contribution in [0.5, 0.6) is 5.75 Å². The number of benzene rings is 1. The first-order valence-corrected chi connectivity index (χ1v) is 10.6. The van der Waals surface area contributed by atoms with Gasteiger partial charge in [-0.1, -0.05) is 17.7 Å². The van der Waals surface area contributed by atoms with E-state index in [1.807, 2.05) is 44.1 Å². The highest BCUT2D eigenvalue weighted by atomic mass is 16.5. The van der Waals surface area contributed by atoms with Crippen molar-refractivity contribution in [3.8, 4) is 11.7 Å². The largest absolute Gasteiger partial charge is 0.492 e. The number of anilines is 1. The summed E-state index contributed by atoms with van der Waals surface area (Å²) < 4.78 is 7.33. The Labute approximate surface area is 191 Å². The lowest BCUT2D eigenvalue weighted by Gasteiger charge is -2.34. The number of aryl methyl sites for hydroxylation is 2. The third kappa shape index (κ3) is 5.25. The molecular weight excluding hydrogens is 422 g/mol. The number of imidazole rings is 1. The molecule has 2 N–H and O–H groups in total. The molecule has 1 amide bonds. The van der Waals surface area contributed by atoms with Gasteiger partial charge in [-0.25, -0.2) is 14.8 Å². The Balaban J connectivity index is 1.42. The van der Waals surface area contributed by atoms with E-state index < -0.39 is 6.04 Å². The molecule has 33 heavy (non-hydrogen) atoms. The fourth-order valence-corrected chi connectivity index (χ4v) is 3.51. The smallest absolute Gasteiger partial charge is 0.244 e. The molecule has 170 valence electrons. The molecule has 1 fully saturated rings. The Bertz CT molecular complexity index is 1160. The number of nitrogens with zero attached hydrogens (tertiary/aromatic N) is 5. The summed E-state index contributed by atoms with van der Waals surface area (Å²) in [5.74, 6) is 3.29. The van der Waals surface area contributed by atoms with E-state index in [2.05, 4.69) is 25.6 Å². The minimum atomic E-state index is -0.845. The van der Waals surface area contributed by atoms with Gasteiger partial charge in [-0.2, -0.15) is 4.98 Å². The Morgan fingerprint density at radius 3 is 2.82 bits per heavy atom. The van der Waals surface area contributed by atoms with E-state index in [-0.39, 0.29) is 11.6 Å². The average molecular weight is 447 g/mol. The number of nitrogens with one attached hydrogen (secondary N) is 2. The second-order valence-corrected chi connectivity index (χ2v) is 7.62. The molecule has 10 nitrogen and oxygen atoms in total. The summed E-state index contributed by atoms with van der Waals surface area (Å²) in [5, 5.41) is 5.91. The first kappa shape index (κ1) is 22.2. The summed E-state index contributed by atoms with van der Waals surface area (Å²) in [6.07, 6.45) is 4.97. The van der Waals surface area contributed by atoms with Gasteiger partial charge in [0.05, 0.1) is 6.54 Å². The number of piperazine rings is 1. The monoisotopic (exact) mass is 447 g/mol. The number of carbonyl (C=O) groups is 1. The second kappa shape index (κ2) is 10.1. The molecule has 10 heteroatoms. The van der Waals surface area contributed by atoms with Gasteiger partial charge < -0.3 is 15.0 Å². The third-order valence-electron chi connectivity index (χ3n) is 5.15. The molecule has 1 unspecified atom stereocenters. The lowest BCUT2D eigenvalue weighted by atomic mass is 10.1. The Morgan fingerprint density at radius 2 is 2.09 bits per heavy atom. The number of ether oxygens (including phenoxy) is 1. The van der Waals surface area contributed by atoms with Gasteiger partial charge in [-0.15, -0.1) is 0 Å². The summed E-state index contributed by atoms with van der Waals surface area (Å²) in [4.78, 5) is 39.4. The maximum atomic E-state index is 12.8. The third-order valence-corrected chi connectivity index (χ3v) is 5.15. The first-order valence-electron chi connectivity index (χ1n) is 10.6. The van der Waals surface area contributed by atoms with Gasteiger partial charge in [0.2, 0.25) is 11.9 Å². The maximum absolute atomic E-state index is 12.8. The zero-order valence-corrected chi connectivity index (χ0v) is 18.5. The Hall–Kier alpha value is -4.01. The number of hydrogen-bond donors (Lipinski definition) is 2. The van der Waals surface area contributed by atoms with Crippen LogP contribution in [0.25, 0.3) is 5.95 Å². The van der Waals surface area contributed by atoms with Gasteiger partial charge in [-0.3, -0.25) is 14.7 Å². The van der Waals surface area contributed by atoms with Crippen LogP contribution in [-0.4, -0.2) is 63.7 Å². The topological polar surface area (TPSA) is 114 Å². The van der Waals surface area contributed by atoms with E-state index in [1.165, 1.54) is 0 Å². The van der Waals surface area contributed by atoms with Crippen molar-refractivity contribution in [2.45, 2.75) is 19.9 Å². The quantitative estimate of drug-likeness (QED) is 0.407. The highest BCUT2D eigenvalue weighted by Gasteiger charge is 2.33. The molecule has 1 aliphatic rings. The molecule has 0 radical (unpaired) electrons. The van der Waals surface area contributed by atoms with Crippen LogP contribution in [0.2, 0.25) is 0 Å². The summed E-state index contributed by atoms with van der Waals surface area (Å²) in [6, 6.07) is 8.61. The maximum Gasteiger partial charge on any atom is 0.244 e. The van der Waals surface area contributed by atoms with E-state index in [0.29, 0.717) is 38.0 Å². The molecule has 0 aliphatic carbocycles. The van der Waals surface area contributed by atoms with Crippen LogP contribution in [0.4, 0.5) is 5.82 Å². The molecule has 1 aromatic carbocycles. The first-order chi connectivity index (χ1) is 16.0. The van der Waals surface area contributed by atoms with Gasteiger partial charge in [0.15, 0.2) is 0 Å². The average Bonchev–Trinajstić information content (AvgIpc) is 3.37. The van der Waals surface area contributed by atoms with Gasteiger partial charge in [0.25, 0.3) is 0 Å². The second-order valence-electron chi connectivity index (χ2n) is 7.62. The summed E-state index contributed by atoms with van der Waals surface area (Å²) in [5.41, 5.74) is 2.04. The van der Waals surface area contributed by atoms with Gasteiger partial charge in [0.1, 0.15) is 42.2 Å². The van der Waals surface area contributed by atoms with Crippen LogP contribution in [-0.2, 0) is 9.59 Å². The fraction of sp³-hybridized carbons (Fsp3) is 0.304.